The fourth-order valence-corrected chi connectivity index (χ4v) is 3.04. The van der Waals surface area contributed by atoms with Crippen molar-refractivity contribution in [2.45, 2.75) is 19.5 Å². The molecule has 0 unspecified atom stereocenters. The SMILES string of the molecule is COc1ccccc1N(C)Cc1cccc2c1CCNC2. The third kappa shape index (κ3) is 2.88. The topological polar surface area (TPSA) is 24.5 Å². The Bertz CT molecular complexity index is 624. The van der Waals surface area contributed by atoms with Crippen molar-refractivity contribution in [3.8, 4) is 5.75 Å². The Morgan fingerprint density at radius 3 is 2.86 bits per heavy atom. The Morgan fingerprint density at radius 1 is 1.14 bits per heavy atom. The largest absolute Gasteiger partial charge is 0.495 e. The summed E-state index contributed by atoms with van der Waals surface area (Å²) in [4.78, 5) is 2.26. The Kier molecular flexibility index (Phi) is 4.11. The van der Waals surface area contributed by atoms with Crippen molar-refractivity contribution in [2.75, 3.05) is 25.6 Å². The molecule has 1 aliphatic rings. The summed E-state index contributed by atoms with van der Waals surface area (Å²) in [5, 5.41) is 3.44. The van der Waals surface area contributed by atoms with E-state index in [2.05, 4.69) is 47.6 Å². The van der Waals surface area contributed by atoms with Gasteiger partial charge in [0.05, 0.1) is 12.8 Å². The lowest BCUT2D eigenvalue weighted by molar-refractivity contribution is 0.415. The molecular weight excluding hydrogens is 260 g/mol. The van der Waals surface area contributed by atoms with Crippen molar-refractivity contribution < 1.29 is 4.74 Å². The minimum absolute atomic E-state index is 0.906. The van der Waals surface area contributed by atoms with Gasteiger partial charge in [0.25, 0.3) is 0 Å². The number of nitrogens with zero attached hydrogens (tertiary/aromatic N) is 1. The van der Waals surface area contributed by atoms with Gasteiger partial charge in [-0.2, -0.15) is 0 Å². The summed E-state index contributed by atoms with van der Waals surface area (Å²) in [6, 6.07) is 14.8. The van der Waals surface area contributed by atoms with Gasteiger partial charge in [0.2, 0.25) is 0 Å². The van der Waals surface area contributed by atoms with Gasteiger partial charge in [0, 0.05) is 20.1 Å². The minimum Gasteiger partial charge on any atom is -0.495 e. The summed E-state index contributed by atoms with van der Waals surface area (Å²) in [6.07, 6.45) is 1.12. The van der Waals surface area contributed by atoms with Gasteiger partial charge in [-0.05, 0) is 41.8 Å². The number of para-hydroxylation sites is 2. The van der Waals surface area contributed by atoms with Gasteiger partial charge in [-0.1, -0.05) is 30.3 Å². The number of ether oxygens (including phenoxy) is 1. The molecule has 1 aliphatic heterocycles. The Balaban J connectivity index is 1.86. The number of fused-ring (bicyclic) bond motifs is 1. The lowest BCUT2D eigenvalue weighted by Gasteiger charge is -2.26. The van der Waals surface area contributed by atoms with Crippen LogP contribution >= 0.6 is 0 Å². The number of hydrogen-bond acceptors (Lipinski definition) is 3. The van der Waals surface area contributed by atoms with Crippen LogP contribution in [0.4, 0.5) is 5.69 Å². The van der Waals surface area contributed by atoms with Crippen molar-refractivity contribution in [2.24, 2.45) is 0 Å². The van der Waals surface area contributed by atoms with E-state index in [9.17, 15) is 0 Å². The first-order valence-electron chi connectivity index (χ1n) is 7.44. The van der Waals surface area contributed by atoms with Crippen LogP contribution in [0.15, 0.2) is 42.5 Å². The van der Waals surface area contributed by atoms with E-state index in [1.165, 1.54) is 16.7 Å². The van der Waals surface area contributed by atoms with Gasteiger partial charge < -0.3 is 15.0 Å². The monoisotopic (exact) mass is 282 g/mol. The van der Waals surface area contributed by atoms with E-state index in [0.29, 0.717) is 0 Å². The number of benzene rings is 2. The molecule has 0 amide bonds. The van der Waals surface area contributed by atoms with Crippen LogP contribution in [0.2, 0.25) is 0 Å². The van der Waals surface area contributed by atoms with E-state index in [0.717, 1.165) is 37.5 Å². The molecule has 1 heterocycles. The van der Waals surface area contributed by atoms with Crippen LogP contribution in [0.25, 0.3) is 0 Å². The first-order chi connectivity index (χ1) is 10.3. The molecule has 0 aliphatic carbocycles. The van der Waals surface area contributed by atoms with Crippen LogP contribution < -0.4 is 15.0 Å². The lowest BCUT2D eigenvalue weighted by Crippen LogP contribution is -2.26. The summed E-state index contributed by atoms with van der Waals surface area (Å²) >= 11 is 0. The fourth-order valence-electron chi connectivity index (χ4n) is 3.04. The van der Waals surface area contributed by atoms with E-state index in [4.69, 9.17) is 4.74 Å². The standard InChI is InChI=1S/C18H22N2O/c1-20(17-8-3-4-9-18(17)21-2)13-15-7-5-6-14-12-19-11-10-16(14)15/h3-9,19H,10-13H2,1-2H3. The normalized spacial score (nSPS) is 13.6. The van der Waals surface area contributed by atoms with Gasteiger partial charge in [0.15, 0.2) is 0 Å². The van der Waals surface area contributed by atoms with Crippen molar-refractivity contribution in [3.05, 3.63) is 59.2 Å². The summed E-state index contributed by atoms with van der Waals surface area (Å²) in [7, 11) is 3.85. The van der Waals surface area contributed by atoms with Crippen molar-refractivity contribution >= 4 is 5.69 Å². The van der Waals surface area contributed by atoms with E-state index in [1.54, 1.807) is 7.11 Å². The smallest absolute Gasteiger partial charge is 0.142 e. The molecule has 0 radical (unpaired) electrons. The lowest BCUT2D eigenvalue weighted by atomic mass is 9.95. The molecule has 3 heteroatoms. The zero-order valence-corrected chi connectivity index (χ0v) is 12.7. The predicted molar refractivity (Wildman–Crippen MR) is 87.0 cm³/mol. The zero-order valence-electron chi connectivity index (χ0n) is 12.7. The van der Waals surface area contributed by atoms with E-state index < -0.39 is 0 Å². The molecule has 0 bridgehead atoms. The molecule has 110 valence electrons. The van der Waals surface area contributed by atoms with E-state index in [-0.39, 0.29) is 0 Å². The molecule has 0 saturated heterocycles. The first-order valence-corrected chi connectivity index (χ1v) is 7.44. The zero-order chi connectivity index (χ0) is 14.7. The third-order valence-electron chi connectivity index (χ3n) is 4.14. The molecule has 0 fully saturated rings. The minimum atomic E-state index is 0.906. The number of anilines is 1. The maximum Gasteiger partial charge on any atom is 0.142 e. The Morgan fingerprint density at radius 2 is 2.00 bits per heavy atom. The molecule has 2 aromatic rings. The highest BCUT2D eigenvalue weighted by molar-refractivity contribution is 5.58. The van der Waals surface area contributed by atoms with Crippen molar-refractivity contribution in [3.63, 3.8) is 0 Å². The molecule has 0 saturated carbocycles. The van der Waals surface area contributed by atoms with Crippen LogP contribution in [0, 0.1) is 0 Å². The highest BCUT2D eigenvalue weighted by Gasteiger charge is 2.14. The van der Waals surface area contributed by atoms with Crippen LogP contribution in [0.1, 0.15) is 16.7 Å². The predicted octanol–water partition coefficient (Wildman–Crippen LogP) is 2.98. The molecule has 3 nitrogen and oxygen atoms in total. The Hall–Kier alpha value is -2.00. The van der Waals surface area contributed by atoms with Crippen molar-refractivity contribution in [1.29, 1.82) is 0 Å². The quantitative estimate of drug-likeness (QED) is 0.933. The van der Waals surface area contributed by atoms with Crippen LogP contribution in [-0.4, -0.2) is 20.7 Å². The van der Waals surface area contributed by atoms with E-state index in [1.807, 2.05) is 12.1 Å². The molecule has 0 spiro atoms. The summed E-state index contributed by atoms with van der Waals surface area (Å²) in [5.41, 5.74) is 5.50. The van der Waals surface area contributed by atoms with Crippen LogP contribution in [0.3, 0.4) is 0 Å². The van der Waals surface area contributed by atoms with Gasteiger partial charge in [-0.15, -0.1) is 0 Å². The molecule has 3 rings (SSSR count). The second kappa shape index (κ2) is 6.19. The maximum absolute atomic E-state index is 5.47. The molecule has 1 N–H and O–H groups in total. The number of methoxy groups -OCH3 is 1. The first kappa shape index (κ1) is 14.0. The fraction of sp³-hybridized carbons (Fsp3) is 0.333. The maximum atomic E-state index is 5.47. The molecule has 21 heavy (non-hydrogen) atoms. The molecule has 0 atom stereocenters. The molecule has 0 aromatic heterocycles. The second-order valence-corrected chi connectivity index (χ2v) is 5.51. The highest BCUT2D eigenvalue weighted by Crippen LogP contribution is 2.29. The molecule has 2 aromatic carbocycles. The number of hydrogen-bond donors (Lipinski definition) is 1. The number of nitrogens with one attached hydrogen (secondary N) is 1. The van der Waals surface area contributed by atoms with Gasteiger partial charge in [-0.3, -0.25) is 0 Å². The average molecular weight is 282 g/mol. The van der Waals surface area contributed by atoms with Crippen molar-refractivity contribution in [1.82, 2.24) is 5.32 Å². The van der Waals surface area contributed by atoms with Crippen LogP contribution in [-0.2, 0) is 19.5 Å². The number of rotatable bonds is 4. The summed E-state index contributed by atoms with van der Waals surface area (Å²) in [6.45, 7) is 2.97. The van der Waals surface area contributed by atoms with Gasteiger partial charge in [0.1, 0.15) is 5.75 Å². The summed E-state index contributed by atoms with van der Waals surface area (Å²) in [5.74, 6) is 0.923. The summed E-state index contributed by atoms with van der Waals surface area (Å²) < 4.78 is 5.47. The molecular formula is C18H22N2O. The van der Waals surface area contributed by atoms with Gasteiger partial charge in [-0.25, -0.2) is 0 Å². The van der Waals surface area contributed by atoms with Crippen LogP contribution in [0.5, 0.6) is 5.75 Å². The van der Waals surface area contributed by atoms with E-state index >= 15 is 0 Å². The average Bonchev–Trinajstić information content (AvgIpc) is 2.55. The second-order valence-electron chi connectivity index (χ2n) is 5.51. The Labute approximate surface area is 126 Å². The van der Waals surface area contributed by atoms with Gasteiger partial charge >= 0.3 is 0 Å². The highest BCUT2D eigenvalue weighted by atomic mass is 16.5. The third-order valence-corrected chi connectivity index (χ3v) is 4.14.